The van der Waals surface area contributed by atoms with Gasteiger partial charge in [0.15, 0.2) is 0 Å². The zero-order valence-corrected chi connectivity index (χ0v) is 14.3. The number of nitrogens with zero attached hydrogens (tertiary/aromatic N) is 5. The smallest absolute Gasteiger partial charge is 0.0747 e. The van der Waals surface area contributed by atoms with Crippen LogP contribution in [0.25, 0.3) is 10.9 Å². The molecule has 0 spiro atoms. The van der Waals surface area contributed by atoms with Crippen molar-refractivity contribution < 1.29 is 0 Å². The fourth-order valence-corrected chi connectivity index (χ4v) is 3.49. The van der Waals surface area contributed by atoms with Crippen molar-refractivity contribution in [3.8, 4) is 0 Å². The van der Waals surface area contributed by atoms with Crippen LogP contribution in [-0.2, 0) is 0 Å². The summed E-state index contributed by atoms with van der Waals surface area (Å²) >= 11 is 0. The normalized spacial score (nSPS) is 15.8. The number of hydrogen-bond donors (Lipinski definition) is 0. The van der Waals surface area contributed by atoms with Gasteiger partial charge in [0.1, 0.15) is 0 Å². The van der Waals surface area contributed by atoms with Gasteiger partial charge in [0.25, 0.3) is 0 Å². The topological polar surface area (TPSA) is 37.2 Å². The van der Waals surface area contributed by atoms with Crippen LogP contribution in [0.3, 0.4) is 0 Å². The molecule has 5 nitrogen and oxygen atoms in total. The Balaban J connectivity index is 1.51. The van der Waals surface area contributed by atoms with Crippen LogP contribution in [0.5, 0.6) is 0 Å². The van der Waals surface area contributed by atoms with Gasteiger partial charge in [-0.25, -0.2) is 0 Å². The first-order valence-electron chi connectivity index (χ1n) is 8.52. The second kappa shape index (κ2) is 6.15. The zero-order chi connectivity index (χ0) is 16.5. The lowest BCUT2D eigenvalue weighted by atomic mass is 10.0. The molecule has 0 aliphatic carbocycles. The third kappa shape index (κ3) is 2.70. The third-order valence-corrected chi connectivity index (χ3v) is 4.91. The van der Waals surface area contributed by atoms with E-state index >= 15 is 0 Å². The molecule has 0 atom stereocenters. The number of aromatic nitrogens is 3. The van der Waals surface area contributed by atoms with Gasteiger partial charge in [0.2, 0.25) is 0 Å². The van der Waals surface area contributed by atoms with Gasteiger partial charge in [-0.2, -0.15) is 5.10 Å². The van der Waals surface area contributed by atoms with Crippen molar-refractivity contribution in [2.75, 3.05) is 37.0 Å². The van der Waals surface area contributed by atoms with Gasteiger partial charge in [0, 0.05) is 50.7 Å². The van der Waals surface area contributed by atoms with Gasteiger partial charge in [-0.1, -0.05) is 18.2 Å². The van der Waals surface area contributed by atoms with Crippen molar-refractivity contribution >= 4 is 22.3 Å². The van der Waals surface area contributed by atoms with Crippen molar-refractivity contribution in [1.29, 1.82) is 0 Å². The van der Waals surface area contributed by atoms with Gasteiger partial charge in [-0.3, -0.25) is 9.67 Å². The van der Waals surface area contributed by atoms with Crippen LogP contribution in [0.1, 0.15) is 18.9 Å². The molecule has 5 heteroatoms. The van der Waals surface area contributed by atoms with E-state index in [0.717, 1.165) is 37.1 Å². The van der Waals surface area contributed by atoms with Gasteiger partial charge in [0.05, 0.1) is 23.4 Å². The third-order valence-electron chi connectivity index (χ3n) is 4.91. The number of hydrogen-bond acceptors (Lipinski definition) is 4. The number of rotatable bonds is 3. The van der Waals surface area contributed by atoms with E-state index in [4.69, 9.17) is 0 Å². The van der Waals surface area contributed by atoms with Gasteiger partial charge < -0.3 is 9.80 Å². The fourth-order valence-electron chi connectivity index (χ4n) is 3.49. The predicted molar refractivity (Wildman–Crippen MR) is 98.8 cm³/mol. The largest absolute Gasteiger partial charge is 0.375 e. The molecule has 1 fully saturated rings. The Morgan fingerprint density at radius 3 is 2.62 bits per heavy atom. The Morgan fingerprint density at radius 2 is 1.88 bits per heavy atom. The van der Waals surface area contributed by atoms with E-state index < -0.39 is 0 Å². The van der Waals surface area contributed by atoms with Crippen LogP contribution >= 0.6 is 0 Å². The lowest BCUT2D eigenvalue weighted by Gasteiger charge is -2.34. The van der Waals surface area contributed by atoms with Gasteiger partial charge in [-0.15, -0.1) is 0 Å². The molecule has 0 amide bonds. The van der Waals surface area contributed by atoms with Crippen LogP contribution in [-0.4, -0.2) is 41.9 Å². The molecule has 24 heavy (non-hydrogen) atoms. The van der Waals surface area contributed by atoms with Crippen LogP contribution in [0.15, 0.2) is 48.9 Å². The minimum Gasteiger partial charge on any atom is -0.375 e. The lowest BCUT2D eigenvalue weighted by molar-refractivity contribution is 0.367. The average molecular weight is 321 g/mol. The Hall–Kier alpha value is -2.56. The summed E-state index contributed by atoms with van der Waals surface area (Å²) in [7, 11) is 4.11. The van der Waals surface area contributed by atoms with Gasteiger partial charge >= 0.3 is 0 Å². The standard InChI is InChI=1S/C19H23N5/c1-22(2)16-13-21-24(14-16)15-8-11-23(12-9-15)19-7-10-20-18-6-4-3-5-17(18)19/h3-7,10,13-15H,8-9,11-12H2,1-2H3. The number of anilines is 2. The number of pyridine rings is 1. The van der Waals surface area contributed by atoms with Crippen LogP contribution in [0, 0.1) is 0 Å². The van der Waals surface area contributed by atoms with Crippen LogP contribution < -0.4 is 9.80 Å². The van der Waals surface area contributed by atoms with Crippen LogP contribution in [0.4, 0.5) is 11.4 Å². The highest BCUT2D eigenvalue weighted by Crippen LogP contribution is 2.31. The van der Waals surface area contributed by atoms with Crippen molar-refractivity contribution in [2.24, 2.45) is 0 Å². The maximum absolute atomic E-state index is 4.56. The first kappa shape index (κ1) is 15.0. The predicted octanol–water partition coefficient (Wildman–Crippen LogP) is 3.34. The zero-order valence-electron chi connectivity index (χ0n) is 14.3. The Bertz CT molecular complexity index is 825. The van der Waals surface area contributed by atoms with Crippen molar-refractivity contribution in [2.45, 2.75) is 18.9 Å². The molecule has 1 aliphatic rings. The molecular formula is C19H23N5. The van der Waals surface area contributed by atoms with E-state index in [-0.39, 0.29) is 0 Å². The average Bonchev–Trinajstić information content (AvgIpc) is 3.12. The fraction of sp³-hybridized carbons (Fsp3) is 0.368. The highest BCUT2D eigenvalue weighted by atomic mass is 15.3. The lowest BCUT2D eigenvalue weighted by Crippen LogP contribution is -2.34. The van der Waals surface area contributed by atoms with E-state index in [9.17, 15) is 0 Å². The quantitative estimate of drug-likeness (QED) is 0.741. The summed E-state index contributed by atoms with van der Waals surface area (Å²) in [6.07, 6.45) is 8.25. The summed E-state index contributed by atoms with van der Waals surface area (Å²) in [5, 5.41) is 5.80. The molecule has 0 saturated carbocycles. The number of benzene rings is 1. The number of fused-ring (bicyclic) bond motifs is 1. The van der Waals surface area contributed by atoms with E-state index in [2.05, 4.69) is 69.1 Å². The summed E-state index contributed by atoms with van der Waals surface area (Å²) in [6.45, 7) is 2.10. The first-order valence-corrected chi connectivity index (χ1v) is 8.52. The van der Waals surface area contributed by atoms with Crippen LogP contribution in [0.2, 0.25) is 0 Å². The van der Waals surface area contributed by atoms with E-state index in [0.29, 0.717) is 6.04 Å². The second-order valence-electron chi connectivity index (χ2n) is 6.64. The molecule has 1 saturated heterocycles. The molecule has 0 bridgehead atoms. The molecule has 4 rings (SSSR count). The Morgan fingerprint density at radius 1 is 1.08 bits per heavy atom. The Kier molecular flexibility index (Phi) is 3.84. The van der Waals surface area contributed by atoms with E-state index in [1.54, 1.807) is 0 Å². The highest BCUT2D eigenvalue weighted by molar-refractivity contribution is 5.91. The molecule has 3 heterocycles. The maximum atomic E-state index is 4.56. The highest BCUT2D eigenvalue weighted by Gasteiger charge is 2.22. The molecule has 0 N–H and O–H groups in total. The Labute approximate surface area is 142 Å². The monoisotopic (exact) mass is 321 g/mol. The molecule has 1 aromatic carbocycles. The first-order chi connectivity index (χ1) is 11.7. The summed E-state index contributed by atoms with van der Waals surface area (Å²) < 4.78 is 2.14. The second-order valence-corrected chi connectivity index (χ2v) is 6.64. The van der Waals surface area contributed by atoms with Crippen molar-refractivity contribution in [3.63, 3.8) is 0 Å². The van der Waals surface area contributed by atoms with Crippen molar-refractivity contribution in [1.82, 2.24) is 14.8 Å². The van der Waals surface area contributed by atoms with E-state index in [1.165, 1.54) is 11.1 Å². The minimum absolute atomic E-state index is 0.489. The van der Waals surface area contributed by atoms with E-state index in [1.807, 2.05) is 18.5 Å². The van der Waals surface area contributed by atoms with Gasteiger partial charge in [-0.05, 0) is 25.0 Å². The summed E-state index contributed by atoms with van der Waals surface area (Å²) in [6, 6.07) is 11.0. The molecule has 0 radical (unpaired) electrons. The molecular weight excluding hydrogens is 298 g/mol. The molecule has 124 valence electrons. The number of piperidine rings is 1. The SMILES string of the molecule is CN(C)c1cnn(C2CCN(c3ccnc4ccccc34)CC2)c1. The maximum Gasteiger partial charge on any atom is 0.0747 e. The number of para-hydroxylation sites is 1. The summed E-state index contributed by atoms with van der Waals surface area (Å²) in [5.74, 6) is 0. The summed E-state index contributed by atoms with van der Waals surface area (Å²) in [5.41, 5.74) is 3.53. The summed E-state index contributed by atoms with van der Waals surface area (Å²) in [4.78, 5) is 9.05. The molecule has 0 unspecified atom stereocenters. The molecule has 2 aromatic heterocycles. The minimum atomic E-state index is 0.489. The van der Waals surface area contributed by atoms with Crippen molar-refractivity contribution in [3.05, 3.63) is 48.9 Å². The molecule has 3 aromatic rings. The molecule has 1 aliphatic heterocycles.